The van der Waals surface area contributed by atoms with Crippen LogP contribution in [-0.2, 0) is 22.5 Å². The number of hydrogen-bond donors (Lipinski definition) is 1. The number of likely N-dealkylation sites (N-methyl/N-ethyl adjacent to an activating group) is 1. The quantitative estimate of drug-likeness (QED) is 0.681. The predicted molar refractivity (Wildman–Crippen MR) is 113 cm³/mol. The van der Waals surface area contributed by atoms with Crippen molar-refractivity contribution in [2.24, 2.45) is 0 Å². The molecule has 0 atom stereocenters. The molecule has 3 rings (SSSR count). The number of benzene rings is 1. The average molecular weight is 445 g/mol. The fourth-order valence-corrected chi connectivity index (χ4v) is 4.40. The van der Waals surface area contributed by atoms with Crippen molar-refractivity contribution in [3.05, 3.63) is 45.3 Å². The van der Waals surface area contributed by atoms with Crippen molar-refractivity contribution in [3.63, 3.8) is 0 Å². The van der Waals surface area contributed by atoms with Gasteiger partial charge in [0.1, 0.15) is 10.8 Å². The van der Waals surface area contributed by atoms with Crippen LogP contribution in [0.3, 0.4) is 0 Å². The van der Waals surface area contributed by atoms with Crippen molar-refractivity contribution < 1.29 is 19.1 Å². The van der Waals surface area contributed by atoms with E-state index in [0.29, 0.717) is 21.3 Å². The molecule has 0 bridgehead atoms. The van der Waals surface area contributed by atoms with E-state index in [4.69, 9.17) is 21.1 Å². The summed E-state index contributed by atoms with van der Waals surface area (Å²) in [6.07, 6.45) is 0.765. The van der Waals surface area contributed by atoms with Crippen molar-refractivity contribution in [1.29, 1.82) is 0 Å². The van der Waals surface area contributed by atoms with Crippen LogP contribution in [0.4, 0.5) is 5.00 Å². The van der Waals surface area contributed by atoms with Crippen LogP contribution in [0.1, 0.15) is 27.7 Å². The van der Waals surface area contributed by atoms with Gasteiger partial charge in [-0.15, -0.1) is 23.7 Å². The fourth-order valence-electron chi connectivity index (χ4n) is 2.97. The number of nitrogens with one attached hydrogen (secondary N) is 1. The molecule has 9 heteroatoms. The Morgan fingerprint density at radius 1 is 1.29 bits per heavy atom. The van der Waals surface area contributed by atoms with Crippen molar-refractivity contribution in [2.75, 3.05) is 32.1 Å². The molecule has 0 radical (unpaired) electrons. The van der Waals surface area contributed by atoms with Crippen LogP contribution >= 0.6 is 35.3 Å². The summed E-state index contributed by atoms with van der Waals surface area (Å²) < 4.78 is 10.4. The maximum Gasteiger partial charge on any atom is 0.341 e. The number of anilines is 1. The Hall–Kier alpha value is -1.80. The summed E-state index contributed by atoms with van der Waals surface area (Å²) in [7, 11) is 1.35. The Bertz CT molecular complexity index is 839. The molecule has 1 aromatic carbocycles. The summed E-state index contributed by atoms with van der Waals surface area (Å²) in [6, 6.07) is 6.77. The molecule has 28 heavy (non-hydrogen) atoms. The van der Waals surface area contributed by atoms with E-state index >= 15 is 0 Å². The molecule has 2 heterocycles. The zero-order valence-corrected chi connectivity index (χ0v) is 18.0. The zero-order chi connectivity index (χ0) is 19.4. The molecular formula is C19H22Cl2N2O4S. The second-order valence-corrected chi connectivity index (χ2v) is 7.65. The topological polar surface area (TPSA) is 67.9 Å². The summed E-state index contributed by atoms with van der Waals surface area (Å²) in [5.74, 6) is -0.209. The number of nitrogens with zero attached hydrogens (tertiary/aromatic N) is 1. The van der Waals surface area contributed by atoms with Crippen LogP contribution in [-0.4, -0.2) is 43.6 Å². The maximum absolute atomic E-state index is 12.3. The summed E-state index contributed by atoms with van der Waals surface area (Å²) in [5.41, 5.74) is 1.44. The Balaban J connectivity index is 0.00000280. The van der Waals surface area contributed by atoms with Gasteiger partial charge in [-0.05, 0) is 42.8 Å². The van der Waals surface area contributed by atoms with Crippen molar-refractivity contribution in [3.8, 4) is 5.75 Å². The number of carbonyl (C=O) groups excluding carboxylic acids is 2. The lowest BCUT2D eigenvalue weighted by Crippen LogP contribution is -2.30. The molecule has 2 aromatic rings. The lowest BCUT2D eigenvalue weighted by Gasteiger charge is -2.25. The van der Waals surface area contributed by atoms with E-state index in [2.05, 4.69) is 17.1 Å². The minimum atomic E-state index is -0.425. The normalized spacial score (nSPS) is 13.2. The molecule has 0 aliphatic carbocycles. The van der Waals surface area contributed by atoms with Gasteiger partial charge in [-0.2, -0.15) is 0 Å². The molecule has 0 saturated carbocycles. The first-order valence-corrected chi connectivity index (χ1v) is 9.84. The zero-order valence-electron chi connectivity index (χ0n) is 15.6. The standard InChI is InChI=1S/C19H21ClN2O4S.ClH/c1-3-22-9-8-14-15(10-22)27-18(17(14)19(24)25-2)21-16(23)11-26-13-6-4-12(20)5-7-13;/h4-7H,3,8-11H2,1-2H3,(H,21,23);1H. The number of amides is 1. The van der Waals surface area contributed by atoms with Crippen LogP contribution in [0, 0.1) is 0 Å². The Morgan fingerprint density at radius 3 is 2.64 bits per heavy atom. The smallest absolute Gasteiger partial charge is 0.341 e. The first kappa shape index (κ1) is 22.5. The van der Waals surface area contributed by atoms with Crippen molar-refractivity contribution in [2.45, 2.75) is 19.9 Å². The number of methoxy groups -OCH3 is 1. The first-order valence-electron chi connectivity index (χ1n) is 8.65. The number of ether oxygens (including phenoxy) is 2. The van der Waals surface area contributed by atoms with Gasteiger partial charge in [0.05, 0.1) is 12.7 Å². The van der Waals surface area contributed by atoms with Crippen molar-refractivity contribution in [1.82, 2.24) is 4.90 Å². The molecule has 1 aliphatic heterocycles. The number of hydrogen-bond acceptors (Lipinski definition) is 6. The molecule has 0 spiro atoms. The van der Waals surface area contributed by atoms with E-state index in [-0.39, 0.29) is 24.9 Å². The first-order chi connectivity index (χ1) is 13.0. The van der Waals surface area contributed by atoms with Crippen LogP contribution in [0.5, 0.6) is 5.75 Å². The number of fused-ring (bicyclic) bond motifs is 1. The summed E-state index contributed by atoms with van der Waals surface area (Å²) in [6.45, 7) is 4.55. The molecule has 1 aromatic heterocycles. The third-order valence-electron chi connectivity index (χ3n) is 4.41. The molecule has 152 valence electrons. The molecule has 1 N–H and O–H groups in total. The van der Waals surface area contributed by atoms with Gasteiger partial charge in [-0.3, -0.25) is 9.69 Å². The van der Waals surface area contributed by atoms with Gasteiger partial charge in [0.25, 0.3) is 5.91 Å². The lowest BCUT2D eigenvalue weighted by molar-refractivity contribution is -0.118. The van der Waals surface area contributed by atoms with Gasteiger partial charge in [-0.25, -0.2) is 4.79 Å². The van der Waals surface area contributed by atoms with Crippen molar-refractivity contribution >= 4 is 52.2 Å². The van der Waals surface area contributed by atoms with E-state index in [0.717, 1.165) is 36.5 Å². The Morgan fingerprint density at radius 2 is 2.00 bits per heavy atom. The van der Waals surface area contributed by atoms with Crippen LogP contribution in [0.15, 0.2) is 24.3 Å². The van der Waals surface area contributed by atoms with Crippen LogP contribution in [0.2, 0.25) is 5.02 Å². The van der Waals surface area contributed by atoms with E-state index in [9.17, 15) is 9.59 Å². The van der Waals surface area contributed by atoms with Gasteiger partial charge in [0.2, 0.25) is 0 Å². The predicted octanol–water partition coefficient (Wildman–Crippen LogP) is 4.01. The second kappa shape index (κ2) is 10.1. The number of carbonyl (C=O) groups is 2. The summed E-state index contributed by atoms with van der Waals surface area (Å²) in [5, 5.41) is 3.93. The highest BCUT2D eigenvalue weighted by Crippen LogP contribution is 2.37. The second-order valence-electron chi connectivity index (χ2n) is 6.11. The monoisotopic (exact) mass is 444 g/mol. The van der Waals surface area contributed by atoms with E-state index in [1.807, 2.05) is 0 Å². The van der Waals surface area contributed by atoms with Gasteiger partial charge in [0.15, 0.2) is 6.61 Å². The summed E-state index contributed by atoms with van der Waals surface area (Å²) >= 11 is 7.26. The molecule has 0 unspecified atom stereocenters. The average Bonchev–Trinajstić information content (AvgIpc) is 3.03. The van der Waals surface area contributed by atoms with Gasteiger partial charge in [0, 0.05) is 23.0 Å². The van der Waals surface area contributed by atoms with E-state index in [1.54, 1.807) is 24.3 Å². The molecule has 6 nitrogen and oxygen atoms in total. The van der Waals surface area contributed by atoms with Crippen LogP contribution in [0.25, 0.3) is 0 Å². The minimum Gasteiger partial charge on any atom is -0.484 e. The van der Waals surface area contributed by atoms with E-state index in [1.165, 1.54) is 18.4 Å². The van der Waals surface area contributed by atoms with Gasteiger partial charge < -0.3 is 14.8 Å². The lowest BCUT2D eigenvalue weighted by atomic mass is 10.0. The highest BCUT2D eigenvalue weighted by atomic mass is 35.5. The Kier molecular flexibility index (Phi) is 8.12. The highest BCUT2D eigenvalue weighted by Gasteiger charge is 2.28. The largest absolute Gasteiger partial charge is 0.484 e. The summed E-state index contributed by atoms with van der Waals surface area (Å²) in [4.78, 5) is 28.0. The number of halogens is 2. The Labute approximate surface area is 179 Å². The fraction of sp³-hybridized carbons (Fsp3) is 0.368. The van der Waals surface area contributed by atoms with Gasteiger partial charge >= 0.3 is 5.97 Å². The highest BCUT2D eigenvalue weighted by molar-refractivity contribution is 7.17. The third-order valence-corrected chi connectivity index (χ3v) is 5.79. The molecule has 1 aliphatic rings. The number of esters is 1. The molecule has 1 amide bonds. The maximum atomic E-state index is 12.3. The number of thiophene rings is 1. The van der Waals surface area contributed by atoms with Gasteiger partial charge in [-0.1, -0.05) is 18.5 Å². The molecular weight excluding hydrogens is 423 g/mol. The number of rotatable bonds is 6. The molecule has 0 saturated heterocycles. The van der Waals surface area contributed by atoms with Crippen LogP contribution < -0.4 is 10.1 Å². The SMILES string of the molecule is CCN1CCc2c(sc(NC(=O)COc3ccc(Cl)cc3)c2C(=O)OC)C1.Cl. The third kappa shape index (κ3) is 5.17. The minimum absolute atomic E-state index is 0. The molecule has 0 fully saturated rings. The van der Waals surface area contributed by atoms with E-state index < -0.39 is 5.97 Å².